The second kappa shape index (κ2) is 7.17. The lowest BCUT2D eigenvalue weighted by molar-refractivity contribution is -0.156. The molecule has 0 saturated heterocycles. The van der Waals surface area contributed by atoms with Crippen LogP contribution in [-0.2, 0) is 9.53 Å². The molecule has 0 radical (unpaired) electrons. The molecule has 6 heteroatoms. The van der Waals surface area contributed by atoms with Gasteiger partial charge < -0.3 is 19.8 Å². The summed E-state index contributed by atoms with van der Waals surface area (Å²) in [6.45, 7) is 10.1. The molecule has 0 atom stereocenters. The van der Waals surface area contributed by atoms with Crippen LogP contribution in [0.1, 0.15) is 33.6 Å². The van der Waals surface area contributed by atoms with E-state index in [-0.39, 0.29) is 11.8 Å². The van der Waals surface area contributed by atoms with Gasteiger partial charge in [0.25, 0.3) is 0 Å². The van der Waals surface area contributed by atoms with Crippen LogP contribution in [-0.4, -0.2) is 34.1 Å². The van der Waals surface area contributed by atoms with Crippen LogP contribution in [0.3, 0.4) is 0 Å². The summed E-state index contributed by atoms with van der Waals surface area (Å²) in [7, 11) is 0. The Balaban J connectivity index is 2.50. The van der Waals surface area contributed by atoms with E-state index >= 15 is 0 Å². The number of carbonyl (C=O) groups is 1. The highest BCUT2D eigenvalue weighted by molar-refractivity contribution is 5.76. The highest BCUT2D eigenvalue weighted by atomic mass is 16.7. The molecule has 0 aliphatic carbocycles. The molecule has 2 N–H and O–H groups in total. The number of aromatic nitrogens is 1. The van der Waals surface area contributed by atoms with Gasteiger partial charge in [0.15, 0.2) is 0 Å². The number of aromatic hydroxyl groups is 2. The Morgan fingerprint density at radius 3 is 2.43 bits per heavy atom. The van der Waals surface area contributed by atoms with Gasteiger partial charge in [-0.15, -0.1) is 4.73 Å². The lowest BCUT2D eigenvalue weighted by atomic mass is 9.90. The Kier molecular flexibility index (Phi) is 5.84. The molecule has 0 aliphatic heterocycles. The van der Waals surface area contributed by atoms with E-state index in [9.17, 15) is 15.0 Å². The van der Waals surface area contributed by atoms with Crippen molar-refractivity contribution in [2.24, 2.45) is 5.41 Å². The van der Waals surface area contributed by atoms with E-state index in [2.05, 4.69) is 6.58 Å². The Morgan fingerprint density at radius 2 is 1.90 bits per heavy atom. The van der Waals surface area contributed by atoms with Gasteiger partial charge in [-0.3, -0.25) is 0 Å². The largest absolute Gasteiger partial charge is 0.492 e. The summed E-state index contributed by atoms with van der Waals surface area (Å²) < 4.78 is 6.13. The van der Waals surface area contributed by atoms with Gasteiger partial charge in [0, 0.05) is 18.7 Å². The summed E-state index contributed by atoms with van der Waals surface area (Å²) in [6.07, 6.45) is 1.31. The Morgan fingerprint density at radius 1 is 1.33 bits per heavy atom. The summed E-state index contributed by atoms with van der Waals surface area (Å²) in [6, 6.07) is 2.46. The van der Waals surface area contributed by atoms with E-state index in [1.54, 1.807) is 13.8 Å². The average molecular weight is 297 g/mol. The molecule has 0 aliphatic rings. The Labute approximate surface area is 124 Å². The predicted molar refractivity (Wildman–Crippen MR) is 78.0 cm³/mol. The highest BCUT2D eigenvalue weighted by Crippen LogP contribution is 2.24. The molecule has 0 spiro atoms. The van der Waals surface area contributed by atoms with Crippen molar-refractivity contribution in [3.8, 4) is 11.8 Å². The second-order valence-corrected chi connectivity index (χ2v) is 5.51. The molecule has 6 nitrogen and oxygen atoms in total. The maximum Gasteiger partial charge on any atom is 0.338 e. The van der Waals surface area contributed by atoms with Crippen molar-refractivity contribution in [1.82, 2.24) is 4.73 Å². The molecule has 0 bridgehead atoms. The molecule has 21 heavy (non-hydrogen) atoms. The summed E-state index contributed by atoms with van der Waals surface area (Å²) in [5.41, 5.74) is 0.189. The number of nitrogens with zero attached hydrogens (tertiary/aromatic N) is 1. The minimum Gasteiger partial charge on any atom is -0.492 e. The third-order valence-corrected chi connectivity index (χ3v) is 3.20. The fourth-order valence-corrected chi connectivity index (χ4v) is 1.45. The van der Waals surface area contributed by atoms with Crippen LogP contribution in [0, 0.1) is 5.41 Å². The molecule has 0 aromatic carbocycles. The monoisotopic (exact) mass is 297 g/mol. The fraction of sp³-hybridized carbons (Fsp3) is 0.533. The second-order valence-electron chi connectivity index (χ2n) is 5.51. The molecule has 118 valence electrons. The third-order valence-electron chi connectivity index (χ3n) is 3.20. The van der Waals surface area contributed by atoms with E-state index in [0.717, 1.165) is 12.0 Å². The van der Waals surface area contributed by atoms with Gasteiger partial charge >= 0.3 is 5.97 Å². The lowest BCUT2D eigenvalue weighted by Gasteiger charge is -2.22. The zero-order valence-corrected chi connectivity index (χ0v) is 12.8. The first kappa shape index (κ1) is 17.1. The maximum atomic E-state index is 12.1. The topological polar surface area (TPSA) is 80.9 Å². The number of hydrogen-bond acceptors (Lipinski definition) is 5. The average Bonchev–Trinajstić information content (AvgIpc) is 2.75. The van der Waals surface area contributed by atoms with Crippen molar-refractivity contribution >= 4 is 5.97 Å². The van der Waals surface area contributed by atoms with Crippen LogP contribution in [0.25, 0.3) is 0 Å². The molecule has 0 unspecified atom stereocenters. The molecule has 1 aromatic rings. The van der Waals surface area contributed by atoms with Crippen LogP contribution < -0.4 is 4.84 Å². The molecule has 0 fully saturated rings. The van der Waals surface area contributed by atoms with E-state index in [1.165, 1.54) is 12.1 Å². The van der Waals surface area contributed by atoms with E-state index < -0.39 is 11.4 Å². The summed E-state index contributed by atoms with van der Waals surface area (Å²) in [4.78, 5) is 17.1. The van der Waals surface area contributed by atoms with Gasteiger partial charge in [0.2, 0.25) is 11.8 Å². The third kappa shape index (κ3) is 4.82. The first-order valence-electron chi connectivity index (χ1n) is 6.84. The van der Waals surface area contributed by atoms with Crippen LogP contribution in [0.4, 0.5) is 0 Å². The van der Waals surface area contributed by atoms with E-state index in [0.29, 0.717) is 24.4 Å². The van der Waals surface area contributed by atoms with Crippen molar-refractivity contribution in [2.45, 2.75) is 33.6 Å². The standard InChI is InChI=1S/C15H23NO5/c1-5-11(2)10-20-9-8-15(3,4)14(19)21-16-12(17)6-7-13(16)18/h6-7,17-18H,2,5,8-10H2,1,3-4H3. The van der Waals surface area contributed by atoms with Crippen molar-refractivity contribution in [2.75, 3.05) is 13.2 Å². The first-order chi connectivity index (χ1) is 9.77. The number of rotatable bonds is 8. The van der Waals surface area contributed by atoms with Crippen LogP contribution in [0.5, 0.6) is 11.8 Å². The zero-order chi connectivity index (χ0) is 16.0. The van der Waals surface area contributed by atoms with Crippen molar-refractivity contribution < 1.29 is 24.6 Å². The Bertz CT molecular complexity index is 485. The number of ether oxygens (including phenoxy) is 1. The molecular formula is C15H23NO5. The van der Waals surface area contributed by atoms with Gasteiger partial charge in [-0.2, -0.15) is 0 Å². The first-order valence-corrected chi connectivity index (χ1v) is 6.84. The quantitative estimate of drug-likeness (QED) is 0.568. The molecule has 0 amide bonds. The maximum absolute atomic E-state index is 12.1. The van der Waals surface area contributed by atoms with Gasteiger partial charge in [-0.05, 0) is 26.7 Å². The Hall–Kier alpha value is -1.95. The number of hydrogen-bond donors (Lipinski definition) is 2. The SMILES string of the molecule is C=C(CC)COCCC(C)(C)C(=O)On1c(O)ccc1O. The van der Waals surface area contributed by atoms with Gasteiger partial charge in [-0.25, -0.2) is 4.79 Å². The minimum absolute atomic E-state index is 0.341. The lowest BCUT2D eigenvalue weighted by Crippen LogP contribution is -2.34. The highest BCUT2D eigenvalue weighted by Gasteiger charge is 2.31. The van der Waals surface area contributed by atoms with Gasteiger partial charge in [0.1, 0.15) is 0 Å². The summed E-state index contributed by atoms with van der Waals surface area (Å²) >= 11 is 0. The predicted octanol–water partition coefficient (Wildman–Crippen LogP) is 2.25. The fourth-order valence-electron chi connectivity index (χ4n) is 1.45. The number of carbonyl (C=O) groups excluding carboxylic acids is 1. The molecule has 1 heterocycles. The van der Waals surface area contributed by atoms with Crippen molar-refractivity contribution in [3.05, 3.63) is 24.3 Å². The van der Waals surface area contributed by atoms with Crippen LogP contribution >= 0.6 is 0 Å². The summed E-state index contributed by atoms with van der Waals surface area (Å²) in [5.74, 6) is -1.25. The minimum atomic E-state index is -0.809. The van der Waals surface area contributed by atoms with E-state index in [4.69, 9.17) is 9.57 Å². The van der Waals surface area contributed by atoms with Gasteiger partial charge in [-0.1, -0.05) is 19.1 Å². The molecular weight excluding hydrogens is 274 g/mol. The van der Waals surface area contributed by atoms with Crippen LogP contribution in [0.2, 0.25) is 0 Å². The van der Waals surface area contributed by atoms with Gasteiger partial charge in [0.05, 0.1) is 12.0 Å². The molecule has 0 saturated carbocycles. The van der Waals surface area contributed by atoms with Crippen molar-refractivity contribution in [1.29, 1.82) is 0 Å². The summed E-state index contributed by atoms with van der Waals surface area (Å²) in [5, 5.41) is 18.9. The molecule has 1 rings (SSSR count). The van der Waals surface area contributed by atoms with E-state index in [1.807, 2.05) is 6.92 Å². The molecule has 1 aromatic heterocycles. The normalized spacial score (nSPS) is 11.4. The zero-order valence-electron chi connectivity index (χ0n) is 12.8. The van der Waals surface area contributed by atoms with Crippen molar-refractivity contribution in [3.63, 3.8) is 0 Å². The van der Waals surface area contributed by atoms with Crippen LogP contribution in [0.15, 0.2) is 24.3 Å². The smallest absolute Gasteiger partial charge is 0.338 e.